The molecule has 0 unspecified atom stereocenters. The van der Waals surface area contributed by atoms with Gasteiger partial charge in [-0.1, -0.05) is 6.07 Å². The molecule has 0 bridgehead atoms. The molecule has 0 fully saturated rings. The summed E-state index contributed by atoms with van der Waals surface area (Å²) in [7, 11) is 0. The van der Waals surface area contributed by atoms with E-state index in [2.05, 4.69) is 10.5 Å². The number of hydroxylamine groups is 1. The molecule has 3 heteroatoms. The van der Waals surface area contributed by atoms with E-state index in [-0.39, 0.29) is 0 Å². The second kappa shape index (κ2) is 4.82. The Morgan fingerprint density at radius 1 is 1.55 bits per heavy atom. The molecule has 0 aliphatic rings. The molecule has 1 aromatic rings. The highest BCUT2D eigenvalue weighted by Gasteiger charge is 1.89. The van der Waals surface area contributed by atoms with Crippen LogP contribution in [0.3, 0.4) is 0 Å². The van der Waals surface area contributed by atoms with Crippen LogP contribution in [0.4, 0.5) is 0 Å². The van der Waals surface area contributed by atoms with E-state index in [0.717, 1.165) is 5.69 Å². The van der Waals surface area contributed by atoms with Crippen molar-refractivity contribution in [3.8, 4) is 0 Å². The molecule has 0 atom stereocenters. The molecule has 3 nitrogen and oxygen atoms in total. The molecule has 0 saturated carbocycles. The van der Waals surface area contributed by atoms with E-state index in [4.69, 9.17) is 4.84 Å². The molecule has 11 heavy (non-hydrogen) atoms. The van der Waals surface area contributed by atoms with Crippen molar-refractivity contribution in [2.45, 2.75) is 13.5 Å². The first-order valence-electron chi connectivity index (χ1n) is 3.68. The van der Waals surface area contributed by atoms with Crippen molar-refractivity contribution in [2.75, 3.05) is 6.61 Å². The molecule has 0 aromatic carbocycles. The maximum absolute atomic E-state index is 4.95. The number of pyridine rings is 1. The van der Waals surface area contributed by atoms with E-state index in [1.54, 1.807) is 6.20 Å². The van der Waals surface area contributed by atoms with Crippen LogP contribution in [0.25, 0.3) is 0 Å². The summed E-state index contributed by atoms with van der Waals surface area (Å²) in [5, 5.41) is 0. The lowest BCUT2D eigenvalue weighted by Crippen LogP contribution is -2.14. The van der Waals surface area contributed by atoms with Gasteiger partial charge in [-0.2, -0.15) is 5.48 Å². The minimum absolute atomic E-state index is 0.661. The van der Waals surface area contributed by atoms with Gasteiger partial charge >= 0.3 is 0 Å². The number of hydrogen-bond acceptors (Lipinski definition) is 3. The van der Waals surface area contributed by atoms with Crippen LogP contribution in [0.2, 0.25) is 0 Å². The Kier molecular flexibility index (Phi) is 3.58. The van der Waals surface area contributed by atoms with E-state index in [1.807, 2.05) is 25.1 Å². The van der Waals surface area contributed by atoms with E-state index in [0.29, 0.717) is 13.2 Å². The maximum atomic E-state index is 4.95. The summed E-state index contributed by atoms with van der Waals surface area (Å²) in [4.78, 5) is 9.06. The molecule has 1 aromatic heterocycles. The standard InChI is InChI=1S/C8H12N2O/c1-2-11-10-7-8-5-3-4-6-9-8/h3-6,10H,2,7H2,1H3. The first-order chi connectivity index (χ1) is 5.43. The molecule has 0 saturated heterocycles. The smallest absolute Gasteiger partial charge is 0.0654 e. The number of nitrogens with one attached hydrogen (secondary N) is 1. The maximum Gasteiger partial charge on any atom is 0.0654 e. The number of nitrogens with zero attached hydrogens (tertiary/aromatic N) is 1. The van der Waals surface area contributed by atoms with Crippen molar-refractivity contribution >= 4 is 0 Å². The molecule has 60 valence electrons. The van der Waals surface area contributed by atoms with Crippen molar-refractivity contribution in [3.05, 3.63) is 30.1 Å². The zero-order chi connectivity index (χ0) is 7.94. The monoisotopic (exact) mass is 152 g/mol. The van der Waals surface area contributed by atoms with E-state index >= 15 is 0 Å². The summed E-state index contributed by atoms with van der Waals surface area (Å²) in [5.74, 6) is 0. The minimum atomic E-state index is 0.661. The van der Waals surface area contributed by atoms with Gasteiger partial charge in [-0.3, -0.25) is 4.98 Å². The third-order valence-electron chi connectivity index (χ3n) is 1.23. The van der Waals surface area contributed by atoms with Gasteiger partial charge in [0.05, 0.1) is 18.8 Å². The van der Waals surface area contributed by atoms with Gasteiger partial charge in [-0.05, 0) is 19.1 Å². The molecule has 0 aliphatic heterocycles. The van der Waals surface area contributed by atoms with Crippen LogP contribution in [0.1, 0.15) is 12.6 Å². The Balaban J connectivity index is 2.28. The molecule has 1 rings (SSSR count). The Morgan fingerprint density at radius 2 is 2.45 bits per heavy atom. The van der Waals surface area contributed by atoms with Gasteiger partial charge in [0.1, 0.15) is 0 Å². The summed E-state index contributed by atoms with van der Waals surface area (Å²) < 4.78 is 0. The SMILES string of the molecule is CCONCc1ccccn1. The lowest BCUT2D eigenvalue weighted by molar-refractivity contribution is 0.0456. The van der Waals surface area contributed by atoms with Gasteiger partial charge in [0.15, 0.2) is 0 Å². The van der Waals surface area contributed by atoms with Crippen LogP contribution >= 0.6 is 0 Å². The normalized spacial score (nSPS) is 9.91. The fraction of sp³-hybridized carbons (Fsp3) is 0.375. The fourth-order valence-corrected chi connectivity index (χ4v) is 0.730. The fourth-order valence-electron chi connectivity index (χ4n) is 0.730. The topological polar surface area (TPSA) is 34.1 Å². The summed E-state index contributed by atoms with van der Waals surface area (Å²) in [5.41, 5.74) is 3.78. The second-order valence-corrected chi connectivity index (χ2v) is 2.08. The molecule has 1 heterocycles. The molecule has 0 radical (unpaired) electrons. The van der Waals surface area contributed by atoms with Gasteiger partial charge in [-0.25, -0.2) is 0 Å². The van der Waals surface area contributed by atoms with Crippen molar-refractivity contribution in [1.29, 1.82) is 0 Å². The predicted octanol–water partition coefficient (Wildman–Crippen LogP) is 1.12. The Morgan fingerprint density at radius 3 is 3.09 bits per heavy atom. The van der Waals surface area contributed by atoms with Crippen LogP contribution in [-0.4, -0.2) is 11.6 Å². The number of rotatable bonds is 4. The van der Waals surface area contributed by atoms with E-state index in [9.17, 15) is 0 Å². The average molecular weight is 152 g/mol. The van der Waals surface area contributed by atoms with Crippen LogP contribution in [0.5, 0.6) is 0 Å². The van der Waals surface area contributed by atoms with Crippen molar-refractivity contribution in [1.82, 2.24) is 10.5 Å². The summed E-state index contributed by atoms with van der Waals surface area (Å²) in [6.07, 6.45) is 1.77. The highest BCUT2D eigenvalue weighted by atomic mass is 16.6. The first-order valence-corrected chi connectivity index (χ1v) is 3.68. The van der Waals surface area contributed by atoms with Crippen LogP contribution in [0, 0.1) is 0 Å². The second-order valence-electron chi connectivity index (χ2n) is 2.08. The van der Waals surface area contributed by atoms with Crippen molar-refractivity contribution in [3.63, 3.8) is 0 Å². The van der Waals surface area contributed by atoms with Gasteiger partial charge in [0, 0.05) is 6.20 Å². The highest BCUT2D eigenvalue weighted by molar-refractivity contribution is 5.02. The number of aromatic nitrogens is 1. The van der Waals surface area contributed by atoms with Crippen LogP contribution < -0.4 is 5.48 Å². The van der Waals surface area contributed by atoms with Crippen LogP contribution in [0.15, 0.2) is 24.4 Å². The average Bonchev–Trinajstić information content (AvgIpc) is 2.07. The number of hydrogen-bond donors (Lipinski definition) is 1. The van der Waals surface area contributed by atoms with Gasteiger partial charge in [-0.15, -0.1) is 0 Å². The molecule has 0 aliphatic carbocycles. The van der Waals surface area contributed by atoms with Gasteiger partial charge in [0.2, 0.25) is 0 Å². The largest absolute Gasteiger partial charge is 0.302 e. The first kappa shape index (κ1) is 8.17. The van der Waals surface area contributed by atoms with E-state index in [1.165, 1.54) is 0 Å². The quantitative estimate of drug-likeness (QED) is 0.518. The zero-order valence-corrected chi connectivity index (χ0v) is 6.58. The zero-order valence-electron chi connectivity index (χ0n) is 6.58. The lowest BCUT2D eigenvalue weighted by Gasteiger charge is -2.01. The van der Waals surface area contributed by atoms with Crippen molar-refractivity contribution in [2.24, 2.45) is 0 Å². The third kappa shape index (κ3) is 3.11. The summed E-state index contributed by atoms with van der Waals surface area (Å²) >= 11 is 0. The highest BCUT2D eigenvalue weighted by Crippen LogP contribution is 1.91. The summed E-state index contributed by atoms with van der Waals surface area (Å²) in [6.45, 7) is 3.27. The lowest BCUT2D eigenvalue weighted by atomic mass is 10.4. The predicted molar refractivity (Wildman–Crippen MR) is 42.7 cm³/mol. The van der Waals surface area contributed by atoms with Crippen LogP contribution in [-0.2, 0) is 11.4 Å². The molecule has 0 amide bonds. The Labute approximate surface area is 66.4 Å². The molecule has 1 N–H and O–H groups in total. The van der Waals surface area contributed by atoms with Gasteiger partial charge < -0.3 is 4.84 Å². The van der Waals surface area contributed by atoms with Gasteiger partial charge in [0.25, 0.3) is 0 Å². The van der Waals surface area contributed by atoms with E-state index < -0.39 is 0 Å². The Hall–Kier alpha value is -0.930. The third-order valence-corrected chi connectivity index (χ3v) is 1.23. The molecule has 0 spiro atoms. The Bertz CT molecular complexity index is 189. The summed E-state index contributed by atoms with van der Waals surface area (Å²) in [6, 6.07) is 5.80. The molecular formula is C8H12N2O. The minimum Gasteiger partial charge on any atom is -0.302 e. The van der Waals surface area contributed by atoms with Crippen molar-refractivity contribution < 1.29 is 4.84 Å². The molecular weight excluding hydrogens is 140 g/mol.